The molecule has 2 rings (SSSR count). The third-order valence-electron chi connectivity index (χ3n) is 5.12. The summed E-state index contributed by atoms with van der Waals surface area (Å²) in [6, 6.07) is 0. The van der Waals surface area contributed by atoms with Crippen LogP contribution in [-0.2, 0) is 9.32 Å². The molecule has 5 atom stereocenters. The average molecular weight is 317 g/mol. The highest BCUT2D eigenvalue weighted by molar-refractivity contribution is 7.09. The van der Waals surface area contributed by atoms with E-state index in [0.717, 1.165) is 25.7 Å². The van der Waals surface area contributed by atoms with Gasteiger partial charge in [0.05, 0.1) is 12.2 Å². The predicted octanol–water partition coefficient (Wildman–Crippen LogP) is 1.24. The van der Waals surface area contributed by atoms with Gasteiger partial charge in [0.25, 0.3) is 0 Å². The molecule has 2 aliphatic rings. The van der Waals surface area contributed by atoms with Crippen molar-refractivity contribution < 1.29 is 19.5 Å². The molecule has 0 heterocycles. The molecule has 0 saturated heterocycles. The molecule has 122 valence electrons. The molecule has 3 unspecified atom stereocenters. The Morgan fingerprint density at radius 3 is 2.57 bits per heavy atom. The minimum atomic E-state index is -0.459. The van der Waals surface area contributed by atoms with E-state index in [2.05, 4.69) is 14.8 Å². The van der Waals surface area contributed by atoms with Gasteiger partial charge < -0.3 is 20.1 Å². The molecule has 2 aliphatic carbocycles. The fraction of sp³-hybridized carbons (Fsp3) is 0.933. The number of amides is 1. The highest BCUT2D eigenvalue weighted by Crippen LogP contribution is 2.37. The van der Waals surface area contributed by atoms with Crippen LogP contribution >= 0.6 is 9.47 Å². The summed E-state index contributed by atoms with van der Waals surface area (Å²) in [6.07, 6.45) is 6.09. The zero-order chi connectivity index (χ0) is 15.2. The van der Waals surface area contributed by atoms with E-state index in [9.17, 15) is 9.90 Å². The number of carbonyl (C=O) groups excluding carboxylic acids is 1. The molecule has 0 spiro atoms. The monoisotopic (exact) mass is 317 g/mol. The fourth-order valence-corrected chi connectivity index (χ4v) is 4.18. The van der Waals surface area contributed by atoms with Gasteiger partial charge in [0.15, 0.2) is 0 Å². The lowest BCUT2D eigenvalue weighted by Gasteiger charge is -2.26. The molecule has 0 aliphatic heterocycles. The highest BCUT2D eigenvalue weighted by atomic mass is 31.0. The van der Waals surface area contributed by atoms with E-state index >= 15 is 0 Å². The Balaban J connectivity index is 1.87. The zero-order valence-corrected chi connectivity index (χ0v) is 13.7. The quantitative estimate of drug-likeness (QED) is 0.644. The van der Waals surface area contributed by atoms with Crippen molar-refractivity contribution in [2.45, 2.75) is 57.2 Å². The number of rotatable bonds is 6. The van der Waals surface area contributed by atoms with Gasteiger partial charge >= 0.3 is 0 Å². The van der Waals surface area contributed by atoms with Crippen molar-refractivity contribution in [1.29, 1.82) is 0 Å². The minimum Gasteiger partial charge on any atom is -0.396 e. The number of hydrogen-bond acceptors (Lipinski definition) is 4. The molecular formula is C15H28NO4P. The summed E-state index contributed by atoms with van der Waals surface area (Å²) in [6.45, 7) is 0.578. The summed E-state index contributed by atoms with van der Waals surface area (Å²) in [5.74, 6) is 0.350. The van der Waals surface area contributed by atoms with Crippen LogP contribution in [0.1, 0.15) is 44.9 Å². The lowest BCUT2D eigenvalue weighted by Crippen LogP contribution is -2.39. The maximum absolute atomic E-state index is 12.2. The molecule has 21 heavy (non-hydrogen) atoms. The molecule has 2 fully saturated rings. The molecule has 0 aromatic rings. The lowest BCUT2D eigenvalue weighted by molar-refractivity contribution is -0.126. The van der Waals surface area contributed by atoms with Gasteiger partial charge in [-0.05, 0) is 25.2 Å². The third kappa shape index (κ3) is 4.38. The second-order valence-electron chi connectivity index (χ2n) is 6.40. The SMILES string of the molecule is O=C(NC[C@H]1C(OP)CC(O)[C@@H]1CCO)C1CCCCC1. The van der Waals surface area contributed by atoms with Crippen LogP contribution in [0.4, 0.5) is 0 Å². The summed E-state index contributed by atoms with van der Waals surface area (Å²) < 4.78 is 5.37. The van der Waals surface area contributed by atoms with E-state index in [4.69, 9.17) is 9.63 Å². The van der Waals surface area contributed by atoms with E-state index in [-0.39, 0.29) is 36.4 Å². The maximum Gasteiger partial charge on any atom is 0.223 e. The topological polar surface area (TPSA) is 78.8 Å². The second kappa shape index (κ2) is 8.42. The first-order valence-corrected chi connectivity index (χ1v) is 8.56. The number of carbonyl (C=O) groups is 1. The number of aliphatic hydroxyl groups is 2. The number of hydrogen-bond donors (Lipinski definition) is 3. The van der Waals surface area contributed by atoms with Gasteiger partial charge in [-0.15, -0.1) is 0 Å². The van der Waals surface area contributed by atoms with E-state index < -0.39 is 6.10 Å². The lowest BCUT2D eigenvalue weighted by atomic mass is 9.87. The molecule has 2 saturated carbocycles. The summed E-state index contributed by atoms with van der Waals surface area (Å²) in [7, 11) is 2.26. The van der Waals surface area contributed by atoms with Gasteiger partial charge in [-0.3, -0.25) is 4.79 Å². The van der Waals surface area contributed by atoms with Crippen LogP contribution in [0.2, 0.25) is 0 Å². The molecule has 1 amide bonds. The predicted molar refractivity (Wildman–Crippen MR) is 83.5 cm³/mol. The van der Waals surface area contributed by atoms with E-state index in [1.807, 2.05) is 0 Å². The van der Waals surface area contributed by atoms with Crippen LogP contribution in [0.3, 0.4) is 0 Å². The molecule has 3 N–H and O–H groups in total. The Bertz CT molecular complexity index is 336. The van der Waals surface area contributed by atoms with Crippen LogP contribution < -0.4 is 5.32 Å². The summed E-state index contributed by atoms with van der Waals surface area (Å²) >= 11 is 0. The Labute approximate surface area is 129 Å². The Kier molecular flexibility index (Phi) is 6.87. The standard InChI is InChI=1S/C15H28NO4P/c17-7-6-11-12(14(20-21)8-13(11)18)9-16-15(19)10-4-2-1-3-5-10/h10-14,17-18H,1-9,21H2,(H,16,19)/t11-,12-,13?,14?/m1/s1. The van der Waals surface area contributed by atoms with Gasteiger partial charge in [0.2, 0.25) is 5.91 Å². The summed E-state index contributed by atoms with van der Waals surface area (Å²) in [5, 5.41) is 22.3. The minimum absolute atomic E-state index is 0.00722. The second-order valence-corrected chi connectivity index (χ2v) is 6.67. The van der Waals surface area contributed by atoms with Crippen LogP contribution in [0.15, 0.2) is 0 Å². The molecule has 0 bridgehead atoms. The summed E-state index contributed by atoms with van der Waals surface area (Å²) in [4.78, 5) is 12.2. The third-order valence-corrected chi connectivity index (χ3v) is 5.47. The van der Waals surface area contributed by atoms with E-state index in [1.54, 1.807) is 0 Å². The normalized spacial score (nSPS) is 34.0. The maximum atomic E-state index is 12.2. The number of nitrogens with one attached hydrogen (secondary N) is 1. The summed E-state index contributed by atoms with van der Waals surface area (Å²) in [5.41, 5.74) is 0. The molecular weight excluding hydrogens is 289 g/mol. The van der Waals surface area contributed by atoms with Gasteiger partial charge in [-0.2, -0.15) is 0 Å². The van der Waals surface area contributed by atoms with Crippen LogP contribution in [0, 0.1) is 17.8 Å². The van der Waals surface area contributed by atoms with Crippen LogP contribution in [0.25, 0.3) is 0 Å². The van der Waals surface area contributed by atoms with Crippen LogP contribution in [-0.4, -0.2) is 41.5 Å². The first kappa shape index (κ1) is 17.1. The van der Waals surface area contributed by atoms with E-state index in [0.29, 0.717) is 19.4 Å². The van der Waals surface area contributed by atoms with Gasteiger partial charge in [-0.25, -0.2) is 0 Å². The van der Waals surface area contributed by atoms with E-state index in [1.165, 1.54) is 6.42 Å². The first-order chi connectivity index (χ1) is 10.2. The molecule has 6 heteroatoms. The highest BCUT2D eigenvalue weighted by Gasteiger charge is 2.42. The molecule has 5 nitrogen and oxygen atoms in total. The first-order valence-electron chi connectivity index (χ1n) is 8.09. The van der Waals surface area contributed by atoms with Crippen molar-refractivity contribution in [2.24, 2.45) is 17.8 Å². The largest absolute Gasteiger partial charge is 0.396 e. The average Bonchev–Trinajstić information content (AvgIpc) is 2.82. The Morgan fingerprint density at radius 2 is 1.95 bits per heavy atom. The Morgan fingerprint density at radius 1 is 1.24 bits per heavy atom. The van der Waals surface area contributed by atoms with Crippen LogP contribution in [0.5, 0.6) is 0 Å². The molecule has 0 aromatic heterocycles. The Hall–Kier alpha value is -0.220. The van der Waals surface area contributed by atoms with Gasteiger partial charge in [0.1, 0.15) is 0 Å². The van der Waals surface area contributed by atoms with Gasteiger partial charge in [-0.1, -0.05) is 19.3 Å². The van der Waals surface area contributed by atoms with Crippen molar-refractivity contribution in [1.82, 2.24) is 5.32 Å². The fourth-order valence-electron chi connectivity index (χ4n) is 3.87. The van der Waals surface area contributed by atoms with Crippen molar-refractivity contribution in [3.63, 3.8) is 0 Å². The van der Waals surface area contributed by atoms with Crippen molar-refractivity contribution in [3.05, 3.63) is 0 Å². The van der Waals surface area contributed by atoms with Gasteiger partial charge in [0, 0.05) is 40.9 Å². The van der Waals surface area contributed by atoms with Crippen molar-refractivity contribution >= 4 is 15.4 Å². The zero-order valence-electron chi connectivity index (χ0n) is 12.5. The number of aliphatic hydroxyl groups excluding tert-OH is 2. The van der Waals surface area contributed by atoms with Crippen molar-refractivity contribution in [2.75, 3.05) is 13.2 Å². The smallest absolute Gasteiger partial charge is 0.223 e. The van der Waals surface area contributed by atoms with Crippen molar-refractivity contribution in [3.8, 4) is 0 Å². The molecule has 0 aromatic carbocycles. The molecule has 0 radical (unpaired) electrons.